The lowest BCUT2D eigenvalue weighted by molar-refractivity contribution is -0.118. The molecule has 0 saturated carbocycles. The molecule has 0 bridgehead atoms. The molecule has 7 N–H and O–H groups in total. The molecule has 1 aliphatic rings. The molecule has 0 amide bonds. The maximum absolute atomic E-state index is 11.5. The Bertz CT molecular complexity index is 519. The van der Waals surface area contributed by atoms with E-state index >= 15 is 0 Å². The van der Waals surface area contributed by atoms with Gasteiger partial charge in [-0.25, -0.2) is 0 Å². The van der Waals surface area contributed by atoms with E-state index in [-0.39, 0.29) is 5.95 Å². The van der Waals surface area contributed by atoms with Crippen LogP contribution in [-0.2, 0) is 4.74 Å². The number of nitrogens with one attached hydrogen (secondary N) is 1. The summed E-state index contributed by atoms with van der Waals surface area (Å²) in [5, 5.41) is 37.4. The molecular weight excluding hydrogens is 262 g/mol. The zero-order valence-corrected chi connectivity index (χ0v) is 9.55. The van der Waals surface area contributed by atoms with Crippen molar-refractivity contribution < 1.29 is 29.9 Å². The van der Waals surface area contributed by atoms with Crippen molar-refractivity contribution in [3.8, 4) is 11.6 Å². The number of hydrogen-bond donors (Lipinski definition) is 6. The van der Waals surface area contributed by atoms with Crippen molar-refractivity contribution in [2.45, 2.75) is 24.6 Å². The Morgan fingerprint density at radius 1 is 1.42 bits per heavy atom. The van der Waals surface area contributed by atoms with E-state index in [1.807, 2.05) is 0 Å². The van der Waals surface area contributed by atoms with Crippen LogP contribution in [-0.4, -0.2) is 61.6 Å². The van der Waals surface area contributed by atoms with Crippen molar-refractivity contribution in [1.82, 2.24) is 9.97 Å². The maximum atomic E-state index is 11.5. The van der Waals surface area contributed by atoms with Gasteiger partial charge in [-0.05, 0) is 0 Å². The third-order valence-electron chi connectivity index (χ3n) is 2.61. The van der Waals surface area contributed by atoms with Gasteiger partial charge < -0.3 is 35.6 Å². The summed E-state index contributed by atoms with van der Waals surface area (Å²) in [6.07, 6.45) is -5.35. The van der Waals surface area contributed by atoms with Crippen LogP contribution < -0.4 is 16.0 Å². The highest BCUT2D eigenvalue weighted by Gasteiger charge is 2.44. The molecule has 1 saturated heterocycles. The number of aromatic hydroxyl groups is 1. The normalized spacial score (nSPS) is 30.5. The highest BCUT2D eigenvalue weighted by Crippen LogP contribution is 2.26. The van der Waals surface area contributed by atoms with Crippen LogP contribution >= 0.6 is 0 Å². The molecule has 19 heavy (non-hydrogen) atoms. The van der Waals surface area contributed by atoms with E-state index in [4.69, 9.17) is 20.3 Å². The Hall–Kier alpha value is -1.88. The molecule has 1 aliphatic heterocycles. The Labute approximate surface area is 106 Å². The van der Waals surface area contributed by atoms with Crippen LogP contribution in [0, 0.1) is 0 Å². The van der Waals surface area contributed by atoms with Crippen LogP contribution in [0.2, 0.25) is 0 Å². The zero-order valence-electron chi connectivity index (χ0n) is 9.55. The summed E-state index contributed by atoms with van der Waals surface area (Å²) in [7, 11) is 0. The predicted octanol–water partition coefficient (Wildman–Crippen LogP) is -3.12. The van der Waals surface area contributed by atoms with Gasteiger partial charge in [0.1, 0.15) is 18.3 Å². The standard InChI is InChI=1S/C9H13N3O7/c10-9-11-6(16)5(7(17)12-9)19-8-4(15)3(14)2(1-13)18-8/h2-4,8,13-15H,1H2,(H4,10,11,12,16,17). The van der Waals surface area contributed by atoms with Crippen molar-refractivity contribution in [2.75, 3.05) is 12.3 Å². The first-order chi connectivity index (χ1) is 8.93. The topological polar surface area (TPSA) is 171 Å². The quantitative estimate of drug-likeness (QED) is 0.333. The molecule has 1 aromatic heterocycles. The van der Waals surface area contributed by atoms with E-state index in [2.05, 4.69) is 9.97 Å². The lowest BCUT2D eigenvalue weighted by Crippen LogP contribution is -2.36. The van der Waals surface area contributed by atoms with Gasteiger partial charge in [0.05, 0.1) is 6.61 Å². The second-order valence-corrected chi connectivity index (χ2v) is 3.93. The predicted molar refractivity (Wildman–Crippen MR) is 59.3 cm³/mol. The monoisotopic (exact) mass is 275 g/mol. The minimum atomic E-state index is -1.49. The molecular formula is C9H13N3O7. The molecule has 2 heterocycles. The number of aliphatic hydroxyl groups excluding tert-OH is 3. The van der Waals surface area contributed by atoms with E-state index in [1.54, 1.807) is 0 Å². The Kier molecular flexibility index (Phi) is 3.57. The first kappa shape index (κ1) is 13.5. The summed E-state index contributed by atoms with van der Waals surface area (Å²) in [6, 6.07) is 0. The van der Waals surface area contributed by atoms with Crippen LogP contribution in [0.25, 0.3) is 0 Å². The first-order valence-electron chi connectivity index (χ1n) is 5.32. The highest BCUT2D eigenvalue weighted by atomic mass is 16.7. The van der Waals surface area contributed by atoms with E-state index in [0.717, 1.165) is 0 Å². The number of aliphatic hydroxyl groups is 3. The molecule has 2 rings (SSSR count). The summed E-state index contributed by atoms with van der Waals surface area (Å²) < 4.78 is 9.94. The van der Waals surface area contributed by atoms with Gasteiger partial charge in [-0.3, -0.25) is 9.78 Å². The fraction of sp³-hybridized carbons (Fsp3) is 0.556. The van der Waals surface area contributed by atoms with Crippen LogP contribution in [0.4, 0.5) is 5.95 Å². The molecule has 1 fully saturated rings. The maximum Gasteiger partial charge on any atom is 0.298 e. The Balaban J connectivity index is 2.21. The van der Waals surface area contributed by atoms with Gasteiger partial charge >= 0.3 is 0 Å². The molecule has 0 radical (unpaired) electrons. The number of ether oxygens (including phenoxy) is 2. The lowest BCUT2D eigenvalue weighted by atomic mass is 10.1. The number of rotatable bonds is 3. The minimum Gasteiger partial charge on any atom is -0.490 e. The molecule has 0 aromatic carbocycles. The molecule has 10 nitrogen and oxygen atoms in total. The first-order valence-corrected chi connectivity index (χ1v) is 5.32. The van der Waals surface area contributed by atoms with Crippen LogP contribution in [0.15, 0.2) is 4.79 Å². The summed E-state index contributed by atoms with van der Waals surface area (Å²) in [5.41, 5.74) is 4.32. The SMILES string of the molecule is Nc1nc(O)c(OC2OC(CO)C(O)C2O)c(=O)[nH]1. The van der Waals surface area contributed by atoms with Crippen LogP contribution in [0.1, 0.15) is 0 Å². The lowest BCUT2D eigenvalue weighted by Gasteiger charge is -2.16. The smallest absolute Gasteiger partial charge is 0.298 e. The van der Waals surface area contributed by atoms with E-state index in [1.165, 1.54) is 0 Å². The zero-order chi connectivity index (χ0) is 14.2. The van der Waals surface area contributed by atoms with Gasteiger partial charge in [-0.1, -0.05) is 0 Å². The molecule has 4 unspecified atom stereocenters. The average molecular weight is 275 g/mol. The van der Waals surface area contributed by atoms with Gasteiger partial charge in [0.25, 0.3) is 11.4 Å². The van der Waals surface area contributed by atoms with E-state index in [0.29, 0.717) is 0 Å². The molecule has 10 heteroatoms. The molecule has 0 aliphatic carbocycles. The Morgan fingerprint density at radius 2 is 2.11 bits per heavy atom. The number of nitrogens with two attached hydrogens (primary N) is 1. The number of aromatic amines is 1. The van der Waals surface area contributed by atoms with E-state index < -0.39 is 48.4 Å². The fourth-order valence-corrected chi connectivity index (χ4v) is 1.65. The molecule has 106 valence electrons. The van der Waals surface area contributed by atoms with Crippen molar-refractivity contribution in [2.24, 2.45) is 0 Å². The summed E-state index contributed by atoms with van der Waals surface area (Å²) in [4.78, 5) is 16.9. The molecule has 0 spiro atoms. The van der Waals surface area contributed by atoms with Gasteiger partial charge in [0.15, 0.2) is 0 Å². The van der Waals surface area contributed by atoms with Crippen molar-refractivity contribution in [3.05, 3.63) is 10.4 Å². The highest BCUT2D eigenvalue weighted by molar-refractivity contribution is 5.34. The van der Waals surface area contributed by atoms with Crippen LogP contribution in [0.5, 0.6) is 11.6 Å². The number of hydrogen-bond acceptors (Lipinski definition) is 9. The summed E-state index contributed by atoms with van der Waals surface area (Å²) in [6.45, 7) is -0.541. The summed E-state index contributed by atoms with van der Waals surface area (Å²) in [5.74, 6) is -1.70. The van der Waals surface area contributed by atoms with Crippen molar-refractivity contribution in [1.29, 1.82) is 0 Å². The van der Waals surface area contributed by atoms with Gasteiger partial charge in [-0.2, -0.15) is 4.98 Å². The third-order valence-corrected chi connectivity index (χ3v) is 2.61. The largest absolute Gasteiger partial charge is 0.490 e. The number of nitrogen functional groups attached to an aromatic ring is 1. The second-order valence-electron chi connectivity index (χ2n) is 3.93. The number of anilines is 1. The van der Waals surface area contributed by atoms with Crippen LogP contribution in [0.3, 0.4) is 0 Å². The van der Waals surface area contributed by atoms with Crippen molar-refractivity contribution >= 4 is 5.95 Å². The Morgan fingerprint density at radius 3 is 2.63 bits per heavy atom. The molecule has 1 aromatic rings. The van der Waals surface area contributed by atoms with Crippen molar-refractivity contribution in [3.63, 3.8) is 0 Å². The van der Waals surface area contributed by atoms with Gasteiger partial charge in [0, 0.05) is 0 Å². The van der Waals surface area contributed by atoms with E-state index in [9.17, 15) is 20.1 Å². The number of H-pyrrole nitrogens is 1. The molecule has 4 atom stereocenters. The third kappa shape index (κ3) is 2.46. The van der Waals surface area contributed by atoms with Gasteiger partial charge in [0.2, 0.25) is 18.0 Å². The second kappa shape index (κ2) is 5.01. The van der Waals surface area contributed by atoms with Gasteiger partial charge in [-0.15, -0.1) is 0 Å². The average Bonchev–Trinajstić information content (AvgIpc) is 2.61. The number of aromatic nitrogens is 2. The number of nitrogens with zero attached hydrogens (tertiary/aromatic N) is 1. The minimum absolute atomic E-state index is 0.309. The summed E-state index contributed by atoms with van der Waals surface area (Å²) >= 11 is 0. The fourth-order valence-electron chi connectivity index (χ4n) is 1.65.